The first-order valence-corrected chi connectivity index (χ1v) is 8.58. The summed E-state index contributed by atoms with van der Waals surface area (Å²) in [6.07, 6.45) is 6.13. The molecule has 0 bridgehead atoms. The van der Waals surface area contributed by atoms with Gasteiger partial charge >= 0.3 is 0 Å². The van der Waals surface area contributed by atoms with E-state index >= 15 is 0 Å². The number of nitrogens with one attached hydrogen (secondary N) is 1. The van der Waals surface area contributed by atoms with Crippen molar-refractivity contribution in [1.82, 2.24) is 10.2 Å². The Kier molecular flexibility index (Phi) is 3.92. The second-order valence-electron chi connectivity index (χ2n) is 8.11. The number of rotatable bonds is 3. The van der Waals surface area contributed by atoms with E-state index in [1.807, 2.05) is 0 Å². The lowest BCUT2D eigenvalue weighted by Gasteiger charge is -2.35. The van der Waals surface area contributed by atoms with Crippen LogP contribution in [0.4, 0.5) is 0 Å². The molecule has 3 rings (SSSR count). The lowest BCUT2D eigenvalue weighted by molar-refractivity contribution is -0.128. The number of carbonyl (C=O) groups is 2. The molecule has 122 valence electrons. The minimum Gasteiger partial charge on any atom is -0.302 e. The Labute approximate surface area is 133 Å². The van der Waals surface area contributed by atoms with Crippen molar-refractivity contribution in [1.29, 1.82) is 0 Å². The summed E-state index contributed by atoms with van der Waals surface area (Å²) in [6.45, 7) is 9.70. The Morgan fingerprint density at radius 2 is 2.00 bits per heavy atom. The normalized spacial score (nSPS) is 32.1. The number of hydrogen-bond acceptors (Lipinski definition) is 3. The standard InChI is InChI=1S/C18H28N2O2/c1-13-5-4-7-17(2,3)14(13)6-9-20-10-8-18(12-20)11-15(21)19-16(18)22/h4-12H2,1-3H3,(H,19,21,22)/t18-/m1/s1. The molecule has 0 aromatic rings. The van der Waals surface area contributed by atoms with Crippen molar-refractivity contribution in [2.75, 3.05) is 19.6 Å². The third kappa shape index (κ3) is 2.73. The van der Waals surface area contributed by atoms with Crippen LogP contribution < -0.4 is 5.32 Å². The molecule has 0 saturated carbocycles. The van der Waals surface area contributed by atoms with Crippen molar-refractivity contribution in [3.63, 3.8) is 0 Å². The van der Waals surface area contributed by atoms with Gasteiger partial charge in [-0.05, 0) is 51.0 Å². The van der Waals surface area contributed by atoms with Gasteiger partial charge in [0.1, 0.15) is 0 Å². The zero-order valence-corrected chi connectivity index (χ0v) is 14.1. The minimum atomic E-state index is -0.428. The first kappa shape index (κ1) is 15.7. The van der Waals surface area contributed by atoms with Crippen LogP contribution in [0.1, 0.15) is 59.3 Å². The van der Waals surface area contributed by atoms with E-state index in [4.69, 9.17) is 0 Å². The fraction of sp³-hybridized carbons (Fsp3) is 0.778. The predicted molar refractivity (Wildman–Crippen MR) is 86.2 cm³/mol. The van der Waals surface area contributed by atoms with Crippen LogP contribution in [-0.2, 0) is 9.59 Å². The van der Waals surface area contributed by atoms with Crippen LogP contribution in [0.15, 0.2) is 11.1 Å². The van der Waals surface area contributed by atoms with Crippen molar-refractivity contribution in [2.45, 2.75) is 59.3 Å². The Morgan fingerprint density at radius 3 is 2.64 bits per heavy atom. The summed E-state index contributed by atoms with van der Waals surface area (Å²) < 4.78 is 0. The van der Waals surface area contributed by atoms with Gasteiger partial charge in [0.15, 0.2) is 0 Å². The van der Waals surface area contributed by atoms with Crippen LogP contribution in [-0.4, -0.2) is 36.3 Å². The fourth-order valence-corrected chi connectivity index (χ4v) is 4.67. The van der Waals surface area contributed by atoms with Crippen molar-refractivity contribution in [2.24, 2.45) is 10.8 Å². The summed E-state index contributed by atoms with van der Waals surface area (Å²) in [5.74, 6) is -0.146. The lowest BCUT2D eigenvalue weighted by atomic mass is 9.71. The van der Waals surface area contributed by atoms with Crippen LogP contribution in [0.2, 0.25) is 0 Å². The molecule has 2 amide bonds. The van der Waals surface area contributed by atoms with Gasteiger partial charge in [-0.1, -0.05) is 25.0 Å². The zero-order chi connectivity index (χ0) is 16.0. The third-order valence-corrected chi connectivity index (χ3v) is 6.03. The number of carbonyl (C=O) groups excluding carboxylic acids is 2. The van der Waals surface area contributed by atoms with E-state index in [2.05, 4.69) is 31.0 Å². The largest absolute Gasteiger partial charge is 0.302 e. The van der Waals surface area contributed by atoms with Crippen LogP contribution in [0.3, 0.4) is 0 Å². The van der Waals surface area contributed by atoms with Crippen molar-refractivity contribution in [3.8, 4) is 0 Å². The van der Waals surface area contributed by atoms with Gasteiger partial charge < -0.3 is 4.90 Å². The molecule has 1 N–H and O–H groups in total. The number of hydrogen-bond donors (Lipinski definition) is 1. The highest BCUT2D eigenvalue weighted by atomic mass is 16.2. The van der Waals surface area contributed by atoms with Gasteiger partial charge in [-0.2, -0.15) is 0 Å². The number of allylic oxidation sites excluding steroid dienone is 1. The molecular formula is C18H28N2O2. The van der Waals surface area contributed by atoms with E-state index in [1.54, 1.807) is 11.1 Å². The van der Waals surface area contributed by atoms with Gasteiger partial charge in [0.05, 0.1) is 5.41 Å². The number of amides is 2. The van der Waals surface area contributed by atoms with Crippen LogP contribution >= 0.6 is 0 Å². The third-order valence-electron chi connectivity index (χ3n) is 6.03. The average molecular weight is 304 g/mol. The van der Waals surface area contributed by atoms with E-state index in [9.17, 15) is 9.59 Å². The fourth-order valence-electron chi connectivity index (χ4n) is 4.67. The highest BCUT2D eigenvalue weighted by molar-refractivity contribution is 6.06. The van der Waals surface area contributed by atoms with Crippen LogP contribution in [0.25, 0.3) is 0 Å². The Hall–Kier alpha value is -1.16. The number of nitrogens with zero attached hydrogens (tertiary/aromatic N) is 1. The van der Waals surface area contributed by atoms with E-state index < -0.39 is 5.41 Å². The second kappa shape index (κ2) is 5.48. The summed E-state index contributed by atoms with van der Waals surface area (Å²) in [7, 11) is 0. The summed E-state index contributed by atoms with van der Waals surface area (Å²) in [5, 5.41) is 2.48. The van der Waals surface area contributed by atoms with Crippen molar-refractivity contribution in [3.05, 3.63) is 11.1 Å². The number of imide groups is 1. The van der Waals surface area contributed by atoms with E-state index in [0.717, 1.165) is 32.5 Å². The van der Waals surface area contributed by atoms with Crippen LogP contribution in [0, 0.1) is 10.8 Å². The summed E-state index contributed by atoms with van der Waals surface area (Å²) in [5.41, 5.74) is 3.08. The van der Waals surface area contributed by atoms with Crippen molar-refractivity contribution < 1.29 is 9.59 Å². The highest BCUT2D eigenvalue weighted by Gasteiger charge is 2.50. The summed E-state index contributed by atoms with van der Waals surface area (Å²) in [4.78, 5) is 25.9. The summed E-state index contributed by atoms with van der Waals surface area (Å²) in [6, 6.07) is 0. The zero-order valence-electron chi connectivity index (χ0n) is 14.1. The second-order valence-corrected chi connectivity index (χ2v) is 8.11. The first-order chi connectivity index (χ1) is 10.3. The molecule has 3 aliphatic rings. The molecule has 0 unspecified atom stereocenters. The van der Waals surface area contributed by atoms with Crippen LogP contribution in [0.5, 0.6) is 0 Å². The molecule has 0 aromatic carbocycles. The molecule has 2 aliphatic heterocycles. The molecule has 1 aliphatic carbocycles. The van der Waals surface area contributed by atoms with Gasteiger partial charge in [0.25, 0.3) is 0 Å². The Balaban J connectivity index is 1.62. The molecule has 2 saturated heterocycles. The molecule has 4 nitrogen and oxygen atoms in total. The smallest absolute Gasteiger partial charge is 0.234 e. The average Bonchev–Trinajstić information content (AvgIpc) is 2.93. The quantitative estimate of drug-likeness (QED) is 0.644. The first-order valence-electron chi connectivity index (χ1n) is 8.58. The molecule has 22 heavy (non-hydrogen) atoms. The Bertz CT molecular complexity index is 535. The molecule has 4 heteroatoms. The maximum absolute atomic E-state index is 12.0. The van der Waals surface area contributed by atoms with Gasteiger partial charge in [0.2, 0.25) is 11.8 Å². The van der Waals surface area contributed by atoms with Gasteiger partial charge in [-0.25, -0.2) is 0 Å². The van der Waals surface area contributed by atoms with Gasteiger partial charge in [-0.3, -0.25) is 14.9 Å². The SMILES string of the molecule is CC1=C(CCN2CC[C@@]3(CC(=O)NC3=O)C2)C(C)(C)CCC1. The van der Waals surface area contributed by atoms with Gasteiger partial charge in [0, 0.05) is 19.5 Å². The maximum atomic E-state index is 12.0. The van der Waals surface area contributed by atoms with E-state index in [1.165, 1.54) is 19.3 Å². The Morgan fingerprint density at radius 1 is 1.23 bits per heavy atom. The molecule has 1 spiro atoms. The minimum absolute atomic E-state index is 0.0478. The monoisotopic (exact) mass is 304 g/mol. The molecule has 1 atom stereocenters. The molecule has 2 heterocycles. The lowest BCUT2D eigenvalue weighted by Crippen LogP contribution is -2.35. The maximum Gasteiger partial charge on any atom is 0.234 e. The topological polar surface area (TPSA) is 49.4 Å². The highest BCUT2D eigenvalue weighted by Crippen LogP contribution is 2.43. The van der Waals surface area contributed by atoms with Crippen molar-refractivity contribution >= 4 is 11.8 Å². The molecule has 0 aromatic heterocycles. The molecular weight excluding hydrogens is 276 g/mol. The molecule has 0 radical (unpaired) electrons. The van der Waals surface area contributed by atoms with Gasteiger partial charge in [-0.15, -0.1) is 0 Å². The van der Waals surface area contributed by atoms with E-state index in [0.29, 0.717) is 11.8 Å². The predicted octanol–water partition coefficient (Wildman–Crippen LogP) is 2.64. The number of likely N-dealkylation sites (tertiary alicyclic amines) is 1. The molecule has 2 fully saturated rings. The summed E-state index contributed by atoms with van der Waals surface area (Å²) >= 11 is 0. The van der Waals surface area contributed by atoms with E-state index in [-0.39, 0.29) is 11.8 Å².